The van der Waals surface area contributed by atoms with Crippen molar-refractivity contribution >= 4 is 11.8 Å². The number of carbonyl (C=O) groups is 2. The van der Waals surface area contributed by atoms with Gasteiger partial charge in [-0.3, -0.25) is 9.59 Å². The van der Waals surface area contributed by atoms with Gasteiger partial charge in [0.15, 0.2) is 0 Å². The molecule has 0 aromatic heterocycles. The average molecular weight is 347 g/mol. The first-order chi connectivity index (χ1) is 11.7. The topological polar surface area (TPSA) is 81.7 Å². The molecule has 0 aliphatic carbocycles. The van der Waals surface area contributed by atoms with Gasteiger partial charge >= 0.3 is 0 Å². The van der Waals surface area contributed by atoms with Gasteiger partial charge in [-0.2, -0.15) is 0 Å². The fraction of sp³-hybridized carbons (Fsp3) is 0.579. The molecule has 0 spiro atoms. The third kappa shape index (κ3) is 5.28. The number of benzene rings is 1. The third-order valence-electron chi connectivity index (χ3n) is 4.63. The van der Waals surface area contributed by atoms with Crippen LogP contribution in [0.2, 0.25) is 0 Å². The van der Waals surface area contributed by atoms with Crippen LogP contribution in [-0.4, -0.2) is 60.1 Å². The van der Waals surface area contributed by atoms with Gasteiger partial charge in [0, 0.05) is 25.2 Å². The summed E-state index contributed by atoms with van der Waals surface area (Å²) in [6, 6.07) is 6.62. The molecule has 25 heavy (non-hydrogen) atoms. The highest BCUT2D eigenvalue weighted by molar-refractivity contribution is 5.97. The maximum atomic E-state index is 12.5. The Labute approximate surface area is 149 Å². The summed E-state index contributed by atoms with van der Waals surface area (Å²) in [7, 11) is 1.94. The molecule has 6 nitrogen and oxygen atoms in total. The smallest absolute Gasteiger partial charge is 0.251 e. The molecule has 2 rings (SSSR count). The number of hydrogen-bond donors (Lipinski definition) is 3. The molecule has 1 saturated heterocycles. The van der Waals surface area contributed by atoms with Crippen LogP contribution in [0.3, 0.4) is 0 Å². The molecule has 2 amide bonds. The van der Waals surface area contributed by atoms with E-state index in [-0.39, 0.29) is 24.3 Å². The average Bonchev–Trinajstić information content (AvgIpc) is 2.89. The molecule has 0 radical (unpaired) electrons. The second-order valence-corrected chi connectivity index (χ2v) is 7.49. The predicted molar refractivity (Wildman–Crippen MR) is 97.3 cm³/mol. The first-order valence-corrected chi connectivity index (χ1v) is 8.76. The Morgan fingerprint density at radius 2 is 2.08 bits per heavy atom. The molecule has 0 saturated carbocycles. The summed E-state index contributed by atoms with van der Waals surface area (Å²) in [5.74, 6) is -0.592. The molecule has 2 atom stereocenters. The van der Waals surface area contributed by atoms with Gasteiger partial charge in [0.2, 0.25) is 5.91 Å². The van der Waals surface area contributed by atoms with Gasteiger partial charge in [-0.25, -0.2) is 0 Å². The molecule has 6 heteroatoms. The van der Waals surface area contributed by atoms with E-state index in [1.807, 2.05) is 44.9 Å². The van der Waals surface area contributed by atoms with E-state index in [9.17, 15) is 14.7 Å². The Kier molecular flexibility index (Phi) is 6.19. The molecule has 0 bridgehead atoms. The molecule has 1 aliphatic rings. The van der Waals surface area contributed by atoms with Crippen molar-refractivity contribution in [1.82, 2.24) is 15.5 Å². The van der Waals surface area contributed by atoms with Crippen LogP contribution in [-0.2, 0) is 4.79 Å². The normalized spacial score (nSPS) is 22.0. The van der Waals surface area contributed by atoms with Crippen molar-refractivity contribution in [3.05, 3.63) is 35.4 Å². The van der Waals surface area contributed by atoms with Crippen LogP contribution in [0, 0.1) is 12.8 Å². The van der Waals surface area contributed by atoms with E-state index in [0.717, 1.165) is 12.1 Å². The first-order valence-electron chi connectivity index (χ1n) is 8.76. The fourth-order valence-corrected chi connectivity index (χ4v) is 3.11. The molecule has 1 aromatic rings. The Morgan fingerprint density at radius 1 is 1.36 bits per heavy atom. The molecule has 1 aliphatic heterocycles. The highest BCUT2D eigenvalue weighted by Gasteiger charge is 2.35. The van der Waals surface area contributed by atoms with Crippen molar-refractivity contribution in [2.45, 2.75) is 38.8 Å². The minimum Gasteiger partial charge on any atom is -0.387 e. The second-order valence-electron chi connectivity index (χ2n) is 7.49. The van der Waals surface area contributed by atoms with E-state index < -0.39 is 11.6 Å². The Bertz CT molecular complexity index is 632. The molecular weight excluding hydrogens is 318 g/mol. The SMILES string of the molecule is Cc1cccc(C(=O)N[C@H](C(=O)NC[C@]2(O)CCN(C)C2)C(C)C)c1. The van der Waals surface area contributed by atoms with Crippen molar-refractivity contribution < 1.29 is 14.7 Å². The van der Waals surface area contributed by atoms with Gasteiger partial charge in [-0.15, -0.1) is 0 Å². The summed E-state index contributed by atoms with van der Waals surface area (Å²) in [6.07, 6.45) is 0.631. The van der Waals surface area contributed by atoms with E-state index in [2.05, 4.69) is 10.6 Å². The van der Waals surface area contributed by atoms with E-state index in [1.165, 1.54) is 0 Å². The molecule has 1 aromatic carbocycles. The molecular formula is C19H29N3O3. The summed E-state index contributed by atoms with van der Waals surface area (Å²) in [5.41, 5.74) is 0.632. The number of nitrogens with zero attached hydrogens (tertiary/aromatic N) is 1. The molecule has 3 N–H and O–H groups in total. The van der Waals surface area contributed by atoms with E-state index in [4.69, 9.17) is 0 Å². The lowest BCUT2D eigenvalue weighted by Gasteiger charge is -2.26. The lowest BCUT2D eigenvalue weighted by Crippen LogP contribution is -2.53. The minimum atomic E-state index is -0.896. The van der Waals surface area contributed by atoms with Crippen molar-refractivity contribution in [1.29, 1.82) is 0 Å². The van der Waals surface area contributed by atoms with Gasteiger partial charge in [0.1, 0.15) is 6.04 Å². The van der Waals surface area contributed by atoms with Crippen molar-refractivity contribution in [2.75, 3.05) is 26.7 Å². The zero-order valence-electron chi connectivity index (χ0n) is 15.5. The van der Waals surface area contributed by atoms with E-state index in [1.54, 1.807) is 12.1 Å². The van der Waals surface area contributed by atoms with Gasteiger partial charge < -0.3 is 20.6 Å². The molecule has 138 valence electrons. The minimum absolute atomic E-state index is 0.0605. The summed E-state index contributed by atoms with van der Waals surface area (Å²) < 4.78 is 0. The molecule has 1 fully saturated rings. The number of aryl methyl sites for hydroxylation is 1. The number of aliphatic hydroxyl groups is 1. The Hall–Kier alpha value is -1.92. The van der Waals surface area contributed by atoms with Gasteiger partial charge in [0.05, 0.1) is 5.60 Å². The first kappa shape index (κ1) is 19.4. The number of nitrogens with one attached hydrogen (secondary N) is 2. The summed E-state index contributed by atoms with van der Waals surface area (Å²) >= 11 is 0. The number of amides is 2. The van der Waals surface area contributed by atoms with Crippen LogP contribution < -0.4 is 10.6 Å². The monoisotopic (exact) mass is 347 g/mol. The number of carbonyl (C=O) groups excluding carboxylic acids is 2. The van der Waals surface area contributed by atoms with E-state index >= 15 is 0 Å². The number of rotatable bonds is 6. The van der Waals surface area contributed by atoms with Crippen LogP contribution in [0.1, 0.15) is 36.2 Å². The fourth-order valence-electron chi connectivity index (χ4n) is 3.11. The maximum Gasteiger partial charge on any atom is 0.251 e. The standard InChI is InChI=1S/C19H29N3O3/c1-13(2)16(21-17(23)15-7-5-6-14(3)10-15)18(24)20-11-19(25)8-9-22(4)12-19/h5-7,10,13,16,25H,8-9,11-12H2,1-4H3,(H,20,24)(H,21,23)/t16-,19+/m0/s1. The molecule has 1 heterocycles. The van der Waals surface area contributed by atoms with Gasteiger partial charge in [-0.05, 0) is 38.4 Å². The second kappa shape index (κ2) is 7.97. The largest absolute Gasteiger partial charge is 0.387 e. The zero-order chi connectivity index (χ0) is 18.6. The molecule has 0 unspecified atom stereocenters. The van der Waals surface area contributed by atoms with Crippen LogP contribution in [0.5, 0.6) is 0 Å². The van der Waals surface area contributed by atoms with Crippen molar-refractivity contribution in [2.24, 2.45) is 5.92 Å². The lowest BCUT2D eigenvalue weighted by molar-refractivity contribution is -0.125. The zero-order valence-corrected chi connectivity index (χ0v) is 15.5. The van der Waals surface area contributed by atoms with Crippen LogP contribution in [0.4, 0.5) is 0 Å². The van der Waals surface area contributed by atoms with Crippen LogP contribution >= 0.6 is 0 Å². The van der Waals surface area contributed by atoms with Crippen LogP contribution in [0.25, 0.3) is 0 Å². The predicted octanol–water partition coefficient (Wildman–Crippen LogP) is 0.932. The van der Waals surface area contributed by atoms with Crippen molar-refractivity contribution in [3.63, 3.8) is 0 Å². The number of likely N-dealkylation sites (tertiary alicyclic amines) is 1. The van der Waals surface area contributed by atoms with Gasteiger partial charge in [-0.1, -0.05) is 31.5 Å². The lowest BCUT2D eigenvalue weighted by atomic mass is 10.0. The number of likely N-dealkylation sites (N-methyl/N-ethyl adjacent to an activating group) is 1. The van der Waals surface area contributed by atoms with Crippen LogP contribution in [0.15, 0.2) is 24.3 Å². The summed E-state index contributed by atoms with van der Waals surface area (Å²) in [5, 5.41) is 16.1. The van der Waals surface area contributed by atoms with Crippen molar-refractivity contribution in [3.8, 4) is 0 Å². The number of hydrogen-bond acceptors (Lipinski definition) is 4. The summed E-state index contributed by atoms with van der Waals surface area (Å²) in [4.78, 5) is 27.0. The summed E-state index contributed by atoms with van der Waals surface area (Å²) in [6.45, 7) is 7.24. The maximum absolute atomic E-state index is 12.5. The third-order valence-corrected chi connectivity index (χ3v) is 4.63. The highest BCUT2D eigenvalue weighted by atomic mass is 16.3. The Balaban J connectivity index is 1.97. The number of β-amino-alcohol motifs (C(OH)–C–C–N with tert-alkyl or cyclic N) is 1. The quantitative estimate of drug-likeness (QED) is 0.715. The van der Waals surface area contributed by atoms with Gasteiger partial charge in [0.25, 0.3) is 5.91 Å². The highest BCUT2D eigenvalue weighted by Crippen LogP contribution is 2.19. The van der Waals surface area contributed by atoms with E-state index in [0.29, 0.717) is 18.5 Å². The Morgan fingerprint density at radius 3 is 2.64 bits per heavy atom.